The molecule has 1 atom stereocenters. The molecule has 4 aromatic rings. The second kappa shape index (κ2) is 8.47. The zero-order chi connectivity index (χ0) is 22.0. The lowest BCUT2D eigenvalue weighted by Crippen LogP contribution is -2.24. The summed E-state index contributed by atoms with van der Waals surface area (Å²) in [7, 11) is 0. The third kappa shape index (κ3) is 4.07. The summed E-state index contributed by atoms with van der Waals surface area (Å²) in [5.41, 5.74) is 3.13. The lowest BCUT2D eigenvalue weighted by molar-refractivity contribution is 0.0315. The summed E-state index contributed by atoms with van der Waals surface area (Å²) < 4.78 is 16.5. The standard InChI is InChI=1S/C24H22N2O5/c1-14-20(15(2)31-26-14)13-29-22-11-7-5-9-18(22)24(28)30-16(3)23(27)19-12-25-21-10-6-4-8-17(19)21/h4-12,16,25H,13H2,1-3H3/t16-/m1/s1. The van der Waals surface area contributed by atoms with Crippen LogP contribution in [-0.4, -0.2) is 28.0 Å². The van der Waals surface area contributed by atoms with Crippen molar-refractivity contribution in [3.63, 3.8) is 0 Å². The predicted molar refractivity (Wildman–Crippen MR) is 114 cm³/mol. The van der Waals surface area contributed by atoms with Gasteiger partial charge in [-0.2, -0.15) is 0 Å². The number of benzene rings is 2. The molecule has 0 saturated heterocycles. The van der Waals surface area contributed by atoms with Crippen LogP contribution in [0.25, 0.3) is 10.9 Å². The van der Waals surface area contributed by atoms with E-state index in [1.807, 2.05) is 31.2 Å². The number of esters is 1. The quantitative estimate of drug-likeness (QED) is 0.343. The van der Waals surface area contributed by atoms with Crippen LogP contribution in [0.2, 0.25) is 0 Å². The molecule has 0 aliphatic heterocycles. The number of hydrogen-bond donors (Lipinski definition) is 1. The monoisotopic (exact) mass is 418 g/mol. The third-order valence-electron chi connectivity index (χ3n) is 5.17. The van der Waals surface area contributed by atoms with Crippen molar-refractivity contribution < 1.29 is 23.6 Å². The molecule has 2 aromatic carbocycles. The Hall–Kier alpha value is -3.87. The van der Waals surface area contributed by atoms with Gasteiger partial charge in [-0.25, -0.2) is 4.79 Å². The molecule has 0 aliphatic carbocycles. The summed E-state index contributed by atoms with van der Waals surface area (Å²) in [5, 5.41) is 4.69. The van der Waals surface area contributed by atoms with Crippen molar-refractivity contribution in [1.29, 1.82) is 0 Å². The van der Waals surface area contributed by atoms with Crippen LogP contribution in [0.5, 0.6) is 5.75 Å². The van der Waals surface area contributed by atoms with Crippen LogP contribution in [-0.2, 0) is 11.3 Å². The number of H-pyrrole nitrogens is 1. The second-order valence-electron chi connectivity index (χ2n) is 7.25. The van der Waals surface area contributed by atoms with Gasteiger partial charge in [0.25, 0.3) is 0 Å². The number of ether oxygens (including phenoxy) is 2. The minimum absolute atomic E-state index is 0.204. The van der Waals surface area contributed by atoms with Crippen LogP contribution in [0.3, 0.4) is 0 Å². The van der Waals surface area contributed by atoms with E-state index in [9.17, 15) is 9.59 Å². The van der Waals surface area contributed by atoms with Crippen LogP contribution in [0, 0.1) is 13.8 Å². The van der Waals surface area contributed by atoms with Gasteiger partial charge in [-0.15, -0.1) is 0 Å². The molecule has 2 aromatic heterocycles. The molecule has 2 heterocycles. The summed E-state index contributed by atoms with van der Waals surface area (Å²) in [6, 6.07) is 14.2. The minimum Gasteiger partial charge on any atom is -0.488 e. The first-order valence-electron chi connectivity index (χ1n) is 9.90. The fourth-order valence-corrected chi connectivity index (χ4v) is 3.39. The maximum Gasteiger partial charge on any atom is 0.342 e. The van der Waals surface area contributed by atoms with E-state index in [-0.39, 0.29) is 18.0 Å². The Kier molecular flexibility index (Phi) is 5.58. The van der Waals surface area contributed by atoms with Gasteiger partial charge >= 0.3 is 5.97 Å². The molecule has 0 fully saturated rings. The summed E-state index contributed by atoms with van der Waals surface area (Å²) in [6.07, 6.45) is 0.681. The Bertz CT molecular complexity index is 1230. The summed E-state index contributed by atoms with van der Waals surface area (Å²) >= 11 is 0. The van der Waals surface area contributed by atoms with Crippen molar-refractivity contribution in [1.82, 2.24) is 10.1 Å². The van der Waals surface area contributed by atoms with E-state index < -0.39 is 12.1 Å². The van der Waals surface area contributed by atoms with Gasteiger partial charge in [-0.3, -0.25) is 4.79 Å². The van der Waals surface area contributed by atoms with Gasteiger partial charge in [-0.05, 0) is 39.0 Å². The summed E-state index contributed by atoms with van der Waals surface area (Å²) in [4.78, 5) is 28.8. The van der Waals surface area contributed by atoms with Crippen molar-refractivity contribution >= 4 is 22.7 Å². The Morgan fingerprint density at radius 2 is 1.81 bits per heavy atom. The number of nitrogens with zero attached hydrogens (tertiary/aromatic N) is 1. The van der Waals surface area contributed by atoms with E-state index in [1.54, 1.807) is 44.3 Å². The highest BCUT2D eigenvalue weighted by molar-refractivity contribution is 6.10. The number of aromatic nitrogens is 2. The van der Waals surface area contributed by atoms with Crippen molar-refractivity contribution in [2.75, 3.05) is 0 Å². The number of aryl methyl sites for hydroxylation is 2. The van der Waals surface area contributed by atoms with E-state index in [0.717, 1.165) is 22.2 Å². The Morgan fingerprint density at radius 1 is 1.06 bits per heavy atom. The fraction of sp³-hybridized carbons (Fsp3) is 0.208. The molecule has 31 heavy (non-hydrogen) atoms. The van der Waals surface area contributed by atoms with Gasteiger partial charge in [0.15, 0.2) is 6.10 Å². The number of hydrogen-bond acceptors (Lipinski definition) is 6. The lowest BCUT2D eigenvalue weighted by atomic mass is 10.1. The largest absolute Gasteiger partial charge is 0.488 e. The lowest BCUT2D eigenvalue weighted by Gasteiger charge is -2.14. The highest BCUT2D eigenvalue weighted by atomic mass is 16.5. The number of Topliss-reactive ketones (excluding diaryl/α,β-unsaturated/α-hetero) is 1. The zero-order valence-electron chi connectivity index (χ0n) is 17.5. The molecule has 158 valence electrons. The molecule has 0 spiro atoms. The molecule has 0 radical (unpaired) electrons. The molecule has 7 heteroatoms. The number of para-hydroxylation sites is 2. The topological polar surface area (TPSA) is 94.4 Å². The molecule has 0 unspecified atom stereocenters. The minimum atomic E-state index is -0.956. The summed E-state index contributed by atoms with van der Waals surface area (Å²) in [6.45, 7) is 5.40. The van der Waals surface area contributed by atoms with Gasteiger partial charge in [0, 0.05) is 22.7 Å². The van der Waals surface area contributed by atoms with Gasteiger partial charge in [0.1, 0.15) is 23.7 Å². The highest BCUT2D eigenvalue weighted by Gasteiger charge is 2.24. The van der Waals surface area contributed by atoms with Crippen molar-refractivity contribution in [3.05, 3.63) is 82.9 Å². The third-order valence-corrected chi connectivity index (χ3v) is 5.17. The van der Waals surface area contributed by atoms with E-state index in [1.165, 1.54) is 0 Å². The number of carbonyl (C=O) groups is 2. The molecule has 0 aliphatic rings. The molecule has 4 rings (SSSR count). The smallest absolute Gasteiger partial charge is 0.342 e. The summed E-state index contributed by atoms with van der Waals surface area (Å²) in [5.74, 6) is 0.115. The first kappa shape index (κ1) is 20.4. The van der Waals surface area contributed by atoms with Crippen molar-refractivity contribution in [2.24, 2.45) is 0 Å². The maximum absolute atomic E-state index is 12.9. The molecule has 0 bridgehead atoms. The van der Waals surface area contributed by atoms with Gasteiger partial charge in [0.2, 0.25) is 5.78 Å². The van der Waals surface area contributed by atoms with E-state index >= 15 is 0 Å². The zero-order valence-corrected chi connectivity index (χ0v) is 17.5. The van der Waals surface area contributed by atoms with Crippen LogP contribution >= 0.6 is 0 Å². The normalized spacial score (nSPS) is 12.0. The van der Waals surface area contributed by atoms with E-state index in [4.69, 9.17) is 14.0 Å². The van der Waals surface area contributed by atoms with Gasteiger partial charge in [0.05, 0.1) is 11.3 Å². The Morgan fingerprint density at radius 3 is 2.58 bits per heavy atom. The van der Waals surface area contributed by atoms with E-state index in [2.05, 4.69) is 10.1 Å². The molecular weight excluding hydrogens is 396 g/mol. The van der Waals surface area contributed by atoms with Crippen LogP contribution in [0.4, 0.5) is 0 Å². The number of ketones is 1. The first-order chi connectivity index (χ1) is 15.0. The predicted octanol–water partition coefficient (Wildman–Crippen LogP) is 4.78. The number of carbonyl (C=O) groups excluding carboxylic acids is 2. The average Bonchev–Trinajstić information content (AvgIpc) is 3.35. The number of fused-ring (bicyclic) bond motifs is 1. The number of aromatic amines is 1. The molecule has 0 saturated carbocycles. The van der Waals surface area contributed by atoms with Crippen molar-refractivity contribution in [2.45, 2.75) is 33.5 Å². The number of rotatable bonds is 7. The van der Waals surface area contributed by atoms with Gasteiger partial charge < -0.3 is 19.0 Å². The SMILES string of the molecule is Cc1noc(C)c1COc1ccccc1C(=O)O[C@H](C)C(=O)c1c[nH]c2ccccc12. The Labute approximate surface area is 179 Å². The average molecular weight is 418 g/mol. The highest BCUT2D eigenvalue weighted by Crippen LogP contribution is 2.24. The first-order valence-corrected chi connectivity index (χ1v) is 9.90. The van der Waals surface area contributed by atoms with Crippen LogP contribution in [0.1, 0.15) is 44.7 Å². The molecule has 7 nitrogen and oxygen atoms in total. The Balaban J connectivity index is 1.49. The molecule has 1 N–H and O–H groups in total. The van der Waals surface area contributed by atoms with Crippen molar-refractivity contribution in [3.8, 4) is 5.75 Å². The van der Waals surface area contributed by atoms with Crippen LogP contribution in [0.15, 0.2) is 59.3 Å². The van der Waals surface area contributed by atoms with Gasteiger partial charge in [-0.1, -0.05) is 35.5 Å². The molecule has 0 amide bonds. The number of nitrogens with one attached hydrogen (secondary N) is 1. The van der Waals surface area contributed by atoms with E-state index in [0.29, 0.717) is 17.1 Å². The second-order valence-corrected chi connectivity index (χ2v) is 7.25. The maximum atomic E-state index is 12.9. The molecular formula is C24H22N2O5. The fourth-order valence-electron chi connectivity index (χ4n) is 3.39. The van der Waals surface area contributed by atoms with Crippen LogP contribution < -0.4 is 4.74 Å².